The summed E-state index contributed by atoms with van der Waals surface area (Å²) >= 11 is 0. The van der Waals surface area contributed by atoms with Crippen molar-refractivity contribution in [1.82, 2.24) is 9.80 Å². The number of ether oxygens (including phenoxy) is 2. The molecule has 2 aliphatic rings. The highest BCUT2D eigenvalue weighted by molar-refractivity contribution is 4.81. The number of aliphatic hydroxyl groups excluding tert-OH is 2. The second-order valence-corrected chi connectivity index (χ2v) is 6.78. The Bertz CT molecular complexity index is 311. The minimum atomic E-state index is -0.447. The van der Waals surface area contributed by atoms with Crippen molar-refractivity contribution < 1.29 is 19.7 Å². The highest BCUT2D eigenvalue weighted by Crippen LogP contribution is 2.13. The molecule has 4 atom stereocenters. The van der Waals surface area contributed by atoms with Gasteiger partial charge in [0, 0.05) is 45.4 Å². The van der Waals surface area contributed by atoms with Crippen LogP contribution >= 0.6 is 0 Å². The second kappa shape index (κ2) is 9.15. The van der Waals surface area contributed by atoms with E-state index in [-0.39, 0.29) is 12.2 Å². The van der Waals surface area contributed by atoms with Crippen molar-refractivity contribution in [2.45, 2.75) is 51.0 Å². The fourth-order valence-electron chi connectivity index (χ4n) is 3.31. The van der Waals surface area contributed by atoms with E-state index >= 15 is 0 Å². The largest absolute Gasteiger partial charge is 0.392 e. The van der Waals surface area contributed by atoms with Gasteiger partial charge in [-0.1, -0.05) is 0 Å². The molecule has 0 aromatic carbocycles. The van der Waals surface area contributed by atoms with Crippen LogP contribution in [-0.2, 0) is 9.47 Å². The Hall–Kier alpha value is -0.240. The summed E-state index contributed by atoms with van der Waals surface area (Å²) in [6, 6.07) is 0.406. The molecule has 0 spiro atoms. The lowest BCUT2D eigenvalue weighted by Gasteiger charge is -2.41. The fraction of sp³-hybridized carbons (Fsp3) is 1.00. The first-order valence-electron chi connectivity index (χ1n) is 8.56. The Kier molecular flexibility index (Phi) is 7.53. The summed E-state index contributed by atoms with van der Waals surface area (Å²) in [5.41, 5.74) is 0. The molecule has 0 aromatic rings. The summed E-state index contributed by atoms with van der Waals surface area (Å²) in [6.07, 6.45) is 1.67. The van der Waals surface area contributed by atoms with Crippen LogP contribution in [0.3, 0.4) is 0 Å². The molecule has 0 unspecified atom stereocenters. The molecule has 2 saturated heterocycles. The van der Waals surface area contributed by atoms with Crippen molar-refractivity contribution in [3.05, 3.63) is 0 Å². The average Bonchev–Trinajstić information content (AvgIpc) is 2.95. The molecule has 0 bridgehead atoms. The first kappa shape index (κ1) is 18.1. The van der Waals surface area contributed by atoms with Crippen molar-refractivity contribution in [3.8, 4) is 0 Å². The van der Waals surface area contributed by atoms with Crippen LogP contribution in [0, 0.1) is 0 Å². The maximum absolute atomic E-state index is 10.1. The molecule has 0 amide bonds. The fourth-order valence-corrected chi connectivity index (χ4v) is 3.31. The molecular formula is C16H32N2O4. The van der Waals surface area contributed by atoms with Crippen LogP contribution in [0.1, 0.15) is 26.7 Å². The lowest BCUT2D eigenvalue weighted by atomic mass is 10.1. The van der Waals surface area contributed by atoms with Gasteiger partial charge < -0.3 is 19.7 Å². The zero-order chi connectivity index (χ0) is 15.9. The van der Waals surface area contributed by atoms with E-state index in [0.29, 0.717) is 25.8 Å². The minimum Gasteiger partial charge on any atom is -0.392 e. The Morgan fingerprint density at radius 2 is 2.09 bits per heavy atom. The summed E-state index contributed by atoms with van der Waals surface area (Å²) in [4.78, 5) is 4.59. The maximum atomic E-state index is 10.1. The first-order chi connectivity index (χ1) is 10.5. The predicted octanol–water partition coefficient (Wildman–Crippen LogP) is -0.0702. The molecule has 0 radical (unpaired) electrons. The quantitative estimate of drug-likeness (QED) is 0.653. The smallest absolute Gasteiger partial charge is 0.0900 e. The Labute approximate surface area is 134 Å². The summed E-state index contributed by atoms with van der Waals surface area (Å²) in [6.45, 7) is 9.98. The van der Waals surface area contributed by atoms with Gasteiger partial charge in [0.05, 0.1) is 31.5 Å². The highest BCUT2D eigenvalue weighted by Gasteiger charge is 2.25. The predicted molar refractivity (Wildman–Crippen MR) is 85.0 cm³/mol. The summed E-state index contributed by atoms with van der Waals surface area (Å²) in [5.74, 6) is 0. The van der Waals surface area contributed by atoms with E-state index in [9.17, 15) is 10.2 Å². The van der Waals surface area contributed by atoms with E-state index in [0.717, 1.165) is 45.6 Å². The molecular weight excluding hydrogens is 284 g/mol. The van der Waals surface area contributed by atoms with E-state index in [4.69, 9.17) is 9.47 Å². The summed E-state index contributed by atoms with van der Waals surface area (Å²) in [7, 11) is 0. The van der Waals surface area contributed by atoms with Gasteiger partial charge in [-0.25, -0.2) is 0 Å². The monoisotopic (exact) mass is 316 g/mol. The van der Waals surface area contributed by atoms with Crippen LogP contribution in [0.15, 0.2) is 0 Å². The van der Waals surface area contributed by atoms with Crippen molar-refractivity contribution in [2.24, 2.45) is 0 Å². The minimum absolute atomic E-state index is 0.219. The molecule has 6 heteroatoms. The molecule has 0 saturated carbocycles. The Morgan fingerprint density at radius 3 is 2.73 bits per heavy atom. The molecule has 0 aliphatic carbocycles. The molecule has 0 aromatic heterocycles. The normalized spacial score (nSPS) is 30.5. The third-order valence-corrected chi connectivity index (χ3v) is 4.45. The van der Waals surface area contributed by atoms with Gasteiger partial charge in [0.1, 0.15) is 0 Å². The van der Waals surface area contributed by atoms with Crippen LogP contribution in [0.4, 0.5) is 0 Å². The molecule has 2 fully saturated rings. The van der Waals surface area contributed by atoms with Crippen molar-refractivity contribution >= 4 is 0 Å². The van der Waals surface area contributed by atoms with Crippen LogP contribution < -0.4 is 0 Å². The van der Waals surface area contributed by atoms with Crippen LogP contribution in [0.2, 0.25) is 0 Å². The van der Waals surface area contributed by atoms with Gasteiger partial charge in [0.2, 0.25) is 0 Å². The third kappa shape index (κ3) is 6.10. The molecule has 2 N–H and O–H groups in total. The van der Waals surface area contributed by atoms with Gasteiger partial charge in [-0.3, -0.25) is 9.80 Å². The second-order valence-electron chi connectivity index (χ2n) is 6.78. The summed E-state index contributed by atoms with van der Waals surface area (Å²) < 4.78 is 11.1. The molecule has 2 aliphatic heterocycles. The highest BCUT2D eigenvalue weighted by atomic mass is 16.5. The molecule has 2 rings (SSSR count). The van der Waals surface area contributed by atoms with Crippen LogP contribution in [-0.4, -0.2) is 96.9 Å². The van der Waals surface area contributed by atoms with E-state index < -0.39 is 6.10 Å². The number of hydrogen-bond acceptors (Lipinski definition) is 6. The lowest BCUT2D eigenvalue weighted by Crippen LogP contribution is -2.55. The number of aliphatic hydroxyl groups is 2. The van der Waals surface area contributed by atoms with Gasteiger partial charge >= 0.3 is 0 Å². The molecule has 6 nitrogen and oxygen atoms in total. The topological polar surface area (TPSA) is 65.4 Å². The van der Waals surface area contributed by atoms with E-state index in [1.54, 1.807) is 0 Å². The number of piperazine rings is 1. The van der Waals surface area contributed by atoms with Gasteiger partial charge in [-0.05, 0) is 26.7 Å². The zero-order valence-corrected chi connectivity index (χ0v) is 14.0. The standard InChI is InChI=1S/C16H32N2O4/c1-13-8-17(5-6-18(13)9-14(2)19)10-15(20)11-21-12-16-4-3-7-22-16/h13-16,19-20H,3-12H2,1-2H3/t13-,14+,15+,16+/m1/s1. The number of nitrogens with zero attached hydrogens (tertiary/aromatic N) is 2. The Balaban J connectivity index is 1.59. The van der Waals surface area contributed by atoms with Crippen LogP contribution in [0.25, 0.3) is 0 Å². The SMILES string of the molecule is C[C@H](O)CN1CCN(C[C@H](O)COC[C@@H]2CCCO2)C[C@H]1C. The number of hydrogen-bond donors (Lipinski definition) is 2. The first-order valence-corrected chi connectivity index (χ1v) is 8.56. The maximum Gasteiger partial charge on any atom is 0.0900 e. The molecule has 130 valence electrons. The molecule has 2 heterocycles. The number of rotatable bonds is 8. The van der Waals surface area contributed by atoms with Crippen molar-refractivity contribution in [2.75, 3.05) is 52.5 Å². The third-order valence-electron chi connectivity index (χ3n) is 4.45. The van der Waals surface area contributed by atoms with Crippen LogP contribution in [0.5, 0.6) is 0 Å². The van der Waals surface area contributed by atoms with E-state index in [1.165, 1.54) is 0 Å². The van der Waals surface area contributed by atoms with E-state index in [2.05, 4.69) is 16.7 Å². The summed E-state index contributed by atoms with van der Waals surface area (Å²) in [5, 5.41) is 19.6. The van der Waals surface area contributed by atoms with Gasteiger partial charge in [0.15, 0.2) is 0 Å². The Morgan fingerprint density at radius 1 is 1.27 bits per heavy atom. The zero-order valence-electron chi connectivity index (χ0n) is 14.0. The lowest BCUT2D eigenvalue weighted by molar-refractivity contribution is -0.0335. The van der Waals surface area contributed by atoms with E-state index in [1.807, 2.05) is 6.92 Å². The van der Waals surface area contributed by atoms with Gasteiger partial charge in [-0.15, -0.1) is 0 Å². The van der Waals surface area contributed by atoms with Gasteiger partial charge in [0.25, 0.3) is 0 Å². The van der Waals surface area contributed by atoms with Crippen molar-refractivity contribution in [1.29, 1.82) is 0 Å². The average molecular weight is 316 g/mol. The van der Waals surface area contributed by atoms with Gasteiger partial charge in [-0.2, -0.15) is 0 Å². The van der Waals surface area contributed by atoms with Crippen molar-refractivity contribution in [3.63, 3.8) is 0 Å². The molecule has 22 heavy (non-hydrogen) atoms. The number of β-amino-alcohol motifs (C(OH)–C–C–N with tert-alkyl or cyclic N) is 2.